The van der Waals surface area contributed by atoms with Gasteiger partial charge in [0.2, 0.25) is 0 Å². The molecule has 3 rings (SSSR count). The molecule has 2 aromatic carbocycles. The summed E-state index contributed by atoms with van der Waals surface area (Å²) in [7, 11) is 0. The smallest absolute Gasteiger partial charge is 0.193 e. The van der Waals surface area contributed by atoms with Crippen LogP contribution in [0.15, 0.2) is 51.7 Å². The number of carbonyl (C=O) groups is 1. The monoisotopic (exact) mass is 294 g/mol. The number of aromatic hydroxyl groups is 1. The summed E-state index contributed by atoms with van der Waals surface area (Å²) >= 11 is 0. The normalized spacial score (nSPS) is 10.8. The lowest BCUT2D eigenvalue weighted by molar-refractivity contribution is 0.101. The van der Waals surface area contributed by atoms with E-state index in [0.29, 0.717) is 5.76 Å². The Hall–Kier alpha value is -2.88. The summed E-state index contributed by atoms with van der Waals surface area (Å²) < 4.78 is 5.80. The van der Waals surface area contributed by atoms with Gasteiger partial charge in [0.25, 0.3) is 0 Å². The second kappa shape index (κ2) is 5.15. The van der Waals surface area contributed by atoms with Crippen molar-refractivity contribution in [2.75, 3.05) is 0 Å². The summed E-state index contributed by atoms with van der Waals surface area (Å²) in [5, 5.41) is 10.2. The number of phenols is 1. The van der Waals surface area contributed by atoms with Gasteiger partial charge in [-0.05, 0) is 31.5 Å². The van der Waals surface area contributed by atoms with E-state index in [4.69, 9.17) is 4.42 Å². The predicted molar refractivity (Wildman–Crippen MR) is 84.3 cm³/mol. The summed E-state index contributed by atoms with van der Waals surface area (Å²) in [6, 6.07) is 11.7. The molecule has 0 aliphatic rings. The van der Waals surface area contributed by atoms with Crippen molar-refractivity contribution in [2.24, 2.45) is 0 Å². The summed E-state index contributed by atoms with van der Waals surface area (Å²) in [6.07, 6.45) is 0. The van der Waals surface area contributed by atoms with Crippen LogP contribution in [-0.2, 0) is 0 Å². The lowest BCUT2D eigenvalue weighted by atomic mass is 10.0. The minimum atomic E-state index is -0.354. The van der Waals surface area contributed by atoms with Crippen molar-refractivity contribution in [2.45, 2.75) is 13.8 Å². The fourth-order valence-electron chi connectivity index (χ4n) is 2.53. The first kappa shape index (κ1) is 14.1. The Bertz CT molecular complexity index is 951. The number of aryl methyl sites for hydroxylation is 1. The summed E-state index contributed by atoms with van der Waals surface area (Å²) in [6.45, 7) is 3.24. The number of carbonyl (C=O) groups excluding carboxylic acids is 1. The topological polar surface area (TPSA) is 67.5 Å². The van der Waals surface area contributed by atoms with Crippen LogP contribution in [0.25, 0.3) is 22.3 Å². The number of hydrogen-bond donors (Lipinski definition) is 1. The Balaban J connectivity index is 2.42. The molecule has 0 saturated heterocycles. The third kappa shape index (κ3) is 2.19. The van der Waals surface area contributed by atoms with Gasteiger partial charge in [-0.3, -0.25) is 9.59 Å². The SMILES string of the molecule is CC(=O)c1c(O)ccc2c(=O)cc(-c3ccccc3C)oc12. The van der Waals surface area contributed by atoms with E-state index < -0.39 is 0 Å². The van der Waals surface area contributed by atoms with E-state index in [-0.39, 0.29) is 33.5 Å². The first-order valence-corrected chi connectivity index (χ1v) is 6.86. The largest absolute Gasteiger partial charge is 0.507 e. The van der Waals surface area contributed by atoms with E-state index in [9.17, 15) is 14.7 Å². The average molecular weight is 294 g/mol. The van der Waals surface area contributed by atoms with Crippen molar-refractivity contribution in [3.8, 4) is 17.1 Å². The molecule has 4 heteroatoms. The van der Waals surface area contributed by atoms with Crippen molar-refractivity contribution in [3.05, 3.63) is 63.8 Å². The Morgan fingerprint density at radius 3 is 2.55 bits per heavy atom. The molecule has 0 saturated carbocycles. The molecule has 0 aliphatic heterocycles. The van der Waals surface area contributed by atoms with Gasteiger partial charge in [0, 0.05) is 11.6 Å². The number of rotatable bonds is 2. The molecular weight excluding hydrogens is 280 g/mol. The van der Waals surface area contributed by atoms with Crippen LogP contribution < -0.4 is 5.43 Å². The first-order valence-electron chi connectivity index (χ1n) is 6.86. The van der Waals surface area contributed by atoms with Crippen molar-refractivity contribution >= 4 is 16.8 Å². The Kier molecular flexibility index (Phi) is 3.29. The van der Waals surface area contributed by atoms with Crippen LogP contribution in [0.3, 0.4) is 0 Å². The Morgan fingerprint density at radius 2 is 1.86 bits per heavy atom. The number of hydrogen-bond acceptors (Lipinski definition) is 4. The number of benzene rings is 2. The fourth-order valence-corrected chi connectivity index (χ4v) is 2.53. The second-order valence-corrected chi connectivity index (χ2v) is 5.18. The predicted octanol–water partition coefficient (Wildman–Crippen LogP) is 3.68. The molecule has 0 bridgehead atoms. The van der Waals surface area contributed by atoms with E-state index >= 15 is 0 Å². The highest BCUT2D eigenvalue weighted by molar-refractivity contribution is 6.07. The summed E-state index contributed by atoms with van der Waals surface area (Å²) in [5.74, 6) is -0.165. The van der Waals surface area contributed by atoms with E-state index in [1.54, 1.807) is 0 Å². The first-order chi connectivity index (χ1) is 10.5. The Labute approximate surface area is 126 Å². The molecule has 1 aromatic heterocycles. The number of Topliss-reactive ketones (excluding diaryl/α,β-unsaturated/α-hetero) is 1. The third-order valence-corrected chi connectivity index (χ3v) is 3.64. The maximum Gasteiger partial charge on any atom is 0.193 e. The lowest BCUT2D eigenvalue weighted by Gasteiger charge is -2.09. The van der Waals surface area contributed by atoms with E-state index in [0.717, 1.165) is 11.1 Å². The average Bonchev–Trinajstić information content (AvgIpc) is 2.46. The molecule has 0 atom stereocenters. The fraction of sp³-hybridized carbons (Fsp3) is 0.111. The van der Waals surface area contributed by atoms with Gasteiger partial charge in [-0.25, -0.2) is 0 Å². The lowest BCUT2D eigenvalue weighted by Crippen LogP contribution is -2.04. The molecule has 0 amide bonds. The summed E-state index contributed by atoms with van der Waals surface area (Å²) in [5.41, 5.74) is 1.64. The van der Waals surface area contributed by atoms with Crippen molar-refractivity contribution in [1.29, 1.82) is 0 Å². The maximum atomic E-state index is 12.3. The van der Waals surface area contributed by atoms with Crippen LogP contribution in [0.2, 0.25) is 0 Å². The molecule has 0 radical (unpaired) electrons. The molecular formula is C18H14O4. The zero-order chi connectivity index (χ0) is 15.9. The molecule has 4 nitrogen and oxygen atoms in total. The highest BCUT2D eigenvalue weighted by Gasteiger charge is 2.17. The van der Waals surface area contributed by atoms with Gasteiger partial charge in [0.1, 0.15) is 17.1 Å². The molecule has 0 unspecified atom stereocenters. The minimum Gasteiger partial charge on any atom is -0.507 e. The zero-order valence-electron chi connectivity index (χ0n) is 12.2. The van der Waals surface area contributed by atoms with Gasteiger partial charge in [-0.15, -0.1) is 0 Å². The van der Waals surface area contributed by atoms with Crippen LogP contribution in [0.5, 0.6) is 5.75 Å². The molecule has 110 valence electrons. The van der Waals surface area contributed by atoms with Gasteiger partial charge in [0.05, 0.1) is 5.39 Å². The van der Waals surface area contributed by atoms with Crippen molar-refractivity contribution < 1.29 is 14.3 Å². The molecule has 3 aromatic rings. The van der Waals surface area contributed by atoms with Gasteiger partial charge in [-0.2, -0.15) is 0 Å². The van der Waals surface area contributed by atoms with Gasteiger partial charge in [-0.1, -0.05) is 24.3 Å². The van der Waals surface area contributed by atoms with Crippen LogP contribution in [0.4, 0.5) is 0 Å². The van der Waals surface area contributed by atoms with Gasteiger partial charge < -0.3 is 9.52 Å². The molecule has 1 heterocycles. The van der Waals surface area contributed by atoms with Crippen LogP contribution in [0, 0.1) is 6.92 Å². The molecule has 0 aliphatic carbocycles. The standard InChI is InChI=1S/C18H14O4/c1-10-5-3-4-6-12(10)16-9-15(21)13-7-8-14(20)17(11(2)19)18(13)22-16/h3-9,20H,1-2H3. The van der Waals surface area contributed by atoms with Crippen molar-refractivity contribution in [1.82, 2.24) is 0 Å². The van der Waals surface area contributed by atoms with E-state index in [1.165, 1.54) is 25.1 Å². The third-order valence-electron chi connectivity index (χ3n) is 3.64. The number of ketones is 1. The molecule has 22 heavy (non-hydrogen) atoms. The Morgan fingerprint density at radius 1 is 1.14 bits per heavy atom. The van der Waals surface area contributed by atoms with Crippen LogP contribution in [-0.4, -0.2) is 10.9 Å². The number of phenolic OH excluding ortho intramolecular Hbond substituents is 1. The molecule has 0 spiro atoms. The van der Waals surface area contributed by atoms with Gasteiger partial charge in [0.15, 0.2) is 16.8 Å². The number of fused-ring (bicyclic) bond motifs is 1. The van der Waals surface area contributed by atoms with Crippen LogP contribution >= 0.6 is 0 Å². The maximum absolute atomic E-state index is 12.3. The highest BCUT2D eigenvalue weighted by atomic mass is 16.3. The molecule has 0 fully saturated rings. The van der Waals surface area contributed by atoms with E-state index in [1.807, 2.05) is 31.2 Å². The zero-order valence-corrected chi connectivity index (χ0v) is 12.2. The van der Waals surface area contributed by atoms with E-state index in [2.05, 4.69) is 0 Å². The second-order valence-electron chi connectivity index (χ2n) is 5.18. The highest BCUT2D eigenvalue weighted by Crippen LogP contribution is 2.30. The van der Waals surface area contributed by atoms with Crippen LogP contribution in [0.1, 0.15) is 22.8 Å². The van der Waals surface area contributed by atoms with Gasteiger partial charge >= 0.3 is 0 Å². The minimum absolute atomic E-state index is 0.0324. The van der Waals surface area contributed by atoms with Crippen molar-refractivity contribution in [3.63, 3.8) is 0 Å². The quantitative estimate of drug-likeness (QED) is 0.732. The summed E-state index contributed by atoms with van der Waals surface area (Å²) in [4.78, 5) is 24.1. The molecule has 1 N–H and O–H groups in total.